The van der Waals surface area contributed by atoms with Crippen molar-refractivity contribution in [2.24, 2.45) is 0 Å². The summed E-state index contributed by atoms with van der Waals surface area (Å²) in [4.78, 5) is 0. The van der Waals surface area contributed by atoms with Crippen molar-refractivity contribution < 1.29 is 85.5 Å². The summed E-state index contributed by atoms with van der Waals surface area (Å²) in [5, 5.41) is 23.4. The van der Waals surface area contributed by atoms with Crippen molar-refractivity contribution in [2.45, 2.75) is 307 Å². The molecule has 2 N–H and O–H groups in total. The van der Waals surface area contributed by atoms with E-state index in [4.69, 9.17) is 66.3 Å². The number of hydrogen-bond donors (Lipinski definition) is 2. The van der Waals surface area contributed by atoms with Gasteiger partial charge in [0, 0.05) is 78.0 Å². The Kier molecular flexibility index (Phi) is 58.0. The Labute approximate surface area is 882 Å². The van der Waals surface area contributed by atoms with E-state index in [1.54, 1.807) is 14.2 Å². The van der Waals surface area contributed by atoms with Crippen molar-refractivity contribution in [1.29, 1.82) is 0 Å². The van der Waals surface area contributed by atoms with Crippen LogP contribution >= 0.6 is 0 Å². The van der Waals surface area contributed by atoms with Crippen LogP contribution in [-0.2, 0) is 47.4 Å². The van der Waals surface area contributed by atoms with E-state index in [2.05, 4.69) is 304 Å². The van der Waals surface area contributed by atoms with Crippen LogP contribution in [-0.4, -0.2) is 243 Å². The molecule has 14 unspecified atom stereocenters. The molecule has 0 spiro atoms. The van der Waals surface area contributed by atoms with E-state index in [1.165, 1.54) is 160 Å². The normalized spacial score (nSPS) is 14.9. The van der Waals surface area contributed by atoms with Crippen molar-refractivity contribution in [2.75, 3.05) is 175 Å². The Morgan fingerprint density at radius 3 is 0.747 bits per heavy atom. The maximum atomic E-state index is 11.7. The van der Waals surface area contributed by atoms with Crippen LogP contribution < -0.4 is 18.9 Å². The van der Waals surface area contributed by atoms with Crippen molar-refractivity contribution >= 4 is 0 Å². The summed E-state index contributed by atoms with van der Waals surface area (Å²) in [5.74, 6) is 2.94. The molecule has 0 aliphatic heterocycles. The van der Waals surface area contributed by atoms with Gasteiger partial charge in [0.2, 0.25) is 0 Å². The van der Waals surface area contributed by atoms with Gasteiger partial charge < -0.3 is 85.5 Å². The summed E-state index contributed by atoms with van der Waals surface area (Å²) in [5.41, 5.74) is 14.1. The SMILES string of the molecule is CCCCCCCCCCCCCCC(COC(COCCOC)COc1cccc(OCC(COCCOC)OCC(CCCCCCCCCCCCCC)OCC(COc2c(C(C)c3ccccc3)cc(C(C)c3ccccc3)cc2C(C)c2ccccc2)OCC(O)C[N+](C)(C)C)c1)OCC(COc1c(C(C)c2ccccc2)cc(C(C)c2ccccc2)cc1C(C)c1ccccc1)OCC(O)C[N+](C)(C)C. The van der Waals surface area contributed by atoms with Crippen LogP contribution in [0.3, 0.4) is 0 Å². The second kappa shape index (κ2) is 69.9. The van der Waals surface area contributed by atoms with Gasteiger partial charge >= 0.3 is 0 Å². The summed E-state index contributed by atoms with van der Waals surface area (Å²) in [6.45, 7) is 23.1. The van der Waals surface area contributed by atoms with Crippen molar-refractivity contribution in [3.05, 3.63) is 297 Å². The van der Waals surface area contributed by atoms with Gasteiger partial charge in [-0.2, -0.15) is 0 Å². The van der Waals surface area contributed by atoms with Crippen LogP contribution in [0, 0.1) is 0 Å². The number of likely N-dealkylation sites (N-methyl/N-ethyl adjacent to an activating group) is 2. The molecular weight excluding hydrogens is 1820 g/mol. The van der Waals surface area contributed by atoms with Crippen LogP contribution in [0.25, 0.3) is 0 Å². The fourth-order valence-electron chi connectivity index (χ4n) is 19.4. The minimum Gasteiger partial charge on any atom is -0.491 e. The average molecular weight is 2010 g/mol. The molecule has 0 radical (unpaired) electrons. The summed E-state index contributed by atoms with van der Waals surface area (Å²) < 4.78 is 95.4. The molecule has 9 aromatic rings. The fraction of sp³-hybridized carbons (Fsp3) is 0.578. The third-order valence-corrected chi connectivity index (χ3v) is 28.4. The minimum absolute atomic E-state index is 0.0308. The van der Waals surface area contributed by atoms with Crippen molar-refractivity contribution in [3.63, 3.8) is 0 Å². The molecule has 9 rings (SSSR count). The third-order valence-electron chi connectivity index (χ3n) is 28.4. The van der Waals surface area contributed by atoms with Gasteiger partial charge in [-0.3, -0.25) is 0 Å². The van der Waals surface area contributed by atoms with Crippen LogP contribution in [0.15, 0.2) is 231 Å². The number of hydrogen-bond acceptors (Lipinski definition) is 16. The molecule has 18 nitrogen and oxygen atoms in total. The second-order valence-electron chi connectivity index (χ2n) is 43.0. The molecule has 0 aliphatic rings. The standard InChI is InChI=1S/C128H190N2O16/c1-17-19-21-23-25-27-29-31-33-35-37-57-72-117(141-95-121(137-87-113(131)85-129(9,10)11)97-145-127-123(101(5)107-64-49-41-50-65-107)80-111(99(3)105-60-45-39-46-61-105)81-124(127)102(6)108-66-51-42-52-67-108)91-143-119(89-135-78-76-133-15)93-139-115-74-59-75-116(84-115)140-94-120(90-136-79-77-134-16)144-92-118(73-58-38-36-34-32-30-28-26-24-22-20-18-2)142-96-122(138-88-114(132)86-130(12,13)14)98-146-128-125(103(7)109-68-53-43-54-69-109)82-112(100(4)106-62-47-40-48-63-106)83-126(128)104(8)110-70-55-44-56-71-110/h39-56,59-71,74-75,80-84,99-104,113-114,117-122,131-132H,17-38,57-58,72-73,76-79,85-98H2,1-16H3/q+2. The molecule has 0 aromatic heterocycles. The highest BCUT2D eigenvalue weighted by Crippen LogP contribution is 2.46. The van der Waals surface area contributed by atoms with Crippen molar-refractivity contribution in [3.8, 4) is 23.0 Å². The lowest BCUT2D eigenvalue weighted by Crippen LogP contribution is -2.44. The molecule has 0 saturated heterocycles. The van der Waals surface area contributed by atoms with E-state index >= 15 is 0 Å². The van der Waals surface area contributed by atoms with Gasteiger partial charge in [-0.15, -0.1) is 0 Å². The number of methoxy groups -OCH3 is 2. The molecule has 0 aliphatic carbocycles. The first-order chi connectivity index (χ1) is 70.9. The van der Waals surface area contributed by atoms with Gasteiger partial charge in [-0.25, -0.2) is 0 Å². The average Bonchev–Trinajstić information content (AvgIpc) is 0.775. The summed E-state index contributed by atoms with van der Waals surface area (Å²) >= 11 is 0. The molecular formula is C128H190N2O16+2. The maximum absolute atomic E-state index is 11.7. The molecule has 18 heteroatoms. The van der Waals surface area contributed by atoms with Gasteiger partial charge in [-0.05, 0) is 69.5 Å². The Morgan fingerprint density at radius 2 is 0.473 bits per heavy atom. The summed E-state index contributed by atoms with van der Waals surface area (Å²) in [7, 11) is 15.9. The van der Waals surface area contributed by atoms with Gasteiger partial charge in [-0.1, -0.05) is 422 Å². The number of ether oxygens (including phenoxy) is 14. The predicted molar refractivity (Wildman–Crippen MR) is 598 cm³/mol. The largest absolute Gasteiger partial charge is 0.491 e. The Bertz CT molecular complexity index is 4380. The molecule has 0 fully saturated rings. The number of benzene rings is 9. The highest BCUT2D eigenvalue weighted by molar-refractivity contribution is 5.57. The van der Waals surface area contributed by atoms with E-state index in [9.17, 15) is 10.2 Å². The predicted octanol–water partition coefficient (Wildman–Crippen LogP) is 27.5. The molecule has 0 heterocycles. The Hall–Kier alpha value is -8.38. The van der Waals surface area contributed by atoms with E-state index in [0.717, 1.165) is 85.1 Å². The Balaban J connectivity index is 0.955. The van der Waals surface area contributed by atoms with E-state index < -0.39 is 36.6 Å². The fourth-order valence-corrected chi connectivity index (χ4v) is 19.4. The zero-order valence-electron chi connectivity index (χ0n) is 92.6. The van der Waals surface area contributed by atoms with E-state index in [1.807, 2.05) is 24.3 Å². The molecule has 0 saturated carbocycles. The Morgan fingerprint density at radius 1 is 0.233 bits per heavy atom. The van der Waals surface area contributed by atoms with Crippen LogP contribution in [0.1, 0.15) is 325 Å². The summed E-state index contributed by atoms with van der Waals surface area (Å²) in [6, 6.07) is 81.7. The number of aliphatic hydroxyl groups excluding tert-OH is 2. The highest BCUT2D eigenvalue weighted by Gasteiger charge is 2.32. The molecule has 0 bridgehead atoms. The van der Waals surface area contributed by atoms with Crippen LogP contribution in [0.5, 0.6) is 23.0 Å². The van der Waals surface area contributed by atoms with Crippen molar-refractivity contribution in [1.82, 2.24) is 0 Å². The topological polar surface area (TPSA) is 170 Å². The lowest BCUT2D eigenvalue weighted by atomic mass is 9.81. The quantitative estimate of drug-likeness (QED) is 0.0272. The zero-order valence-corrected chi connectivity index (χ0v) is 92.6. The zero-order chi connectivity index (χ0) is 104. The molecule has 806 valence electrons. The first kappa shape index (κ1) is 121. The molecule has 146 heavy (non-hydrogen) atoms. The van der Waals surface area contributed by atoms with Gasteiger partial charge in [0.1, 0.15) is 99.1 Å². The minimum atomic E-state index is -0.740. The first-order valence-corrected chi connectivity index (χ1v) is 56.0. The van der Waals surface area contributed by atoms with E-state index in [-0.39, 0.29) is 127 Å². The second-order valence-corrected chi connectivity index (χ2v) is 43.0. The number of unbranched alkanes of at least 4 members (excludes halogenated alkanes) is 22. The number of nitrogens with zero attached hydrogens (tertiary/aromatic N) is 2. The lowest BCUT2D eigenvalue weighted by molar-refractivity contribution is -0.873. The third kappa shape index (κ3) is 46.6. The van der Waals surface area contributed by atoms with Gasteiger partial charge in [0.05, 0.1) is 134 Å². The molecule has 14 atom stereocenters. The number of aliphatic hydroxyl groups is 2. The lowest BCUT2D eigenvalue weighted by Gasteiger charge is -2.30. The summed E-state index contributed by atoms with van der Waals surface area (Å²) in [6.07, 6.45) is 26.8. The van der Waals surface area contributed by atoms with Crippen LogP contribution in [0.4, 0.5) is 0 Å². The van der Waals surface area contributed by atoms with Crippen LogP contribution in [0.2, 0.25) is 0 Å². The maximum Gasteiger partial charge on any atom is 0.127 e. The number of rotatable bonds is 82. The molecule has 9 aromatic carbocycles. The smallest absolute Gasteiger partial charge is 0.127 e. The number of quaternary nitrogens is 2. The van der Waals surface area contributed by atoms with E-state index in [0.29, 0.717) is 60.0 Å². The monoisotopic (exact) mass is 2010 g/mol. The van der Waals surface area contributed by atoms with Gasteiger partial charge in [0.15, 0.2) is 0 Å². The highest BCUT2D eigenvalue weighted by atomic mass is 16.6. The van der Waals surface area contributed by atoms with Gasteiger partial charge in [0.25, 0.3) is 0 Å². The molecule has 0 amide bonds. The first-order valence-electron chi connectivity index (χ1n) is 56.0.